The van der Waals surface area contributed by atoms with E-state index in [1.165, 1.54) is 31.2 Å². The van der Waals surface area contributed by atoms with Gasteiger partial charge in [-0.3, -0.25) is 4.68 Å². The van der Waals surface area contributed by atoms with Crippen molar-refractivity contribution in [1.29, 1.82) is 0 Å². The minimum Gasteiger partial charge on any atom is -0.313 e. The van der Waals surface area contributed by atoms with Crippen molar-refractivity contribution < 1.29 is 0 Å². The first-order chi connectivity index (χ1) is 10.4. The highest BCUT2D eigenvalue weighted by Crippen LogP contribution is 2.32. The Morgan fingerprint density at radius 3 is 2.81 bits per heavy atom. The van der Waals surface area contributed by atoms with Gasteiger partial charge in [-0.1, -0.05) is 48.4 Å². The lowest BCUT2D eigenvalue weighted by Crippen LogP contribution is -2.38. The predicted octanol–water partition coefficient (Wildman–Crippen LogP) is 2.98. The van der Waals surface area contributed by atoms with Crippen LogP contribution in [-0.2, 0) is 6.54 Å². The number of rotatable bonds is 6. The van der Waals surface area contributed by atoms with E-state index in [1.54, 1.807) is 6.20 Å². The second kappa shape index (κ2) is 7.36. The third-order valence-corrected chi connectivity index (χ3v) is 4.44. The van der Waals surface area contributed by atoms with E-state index in [0.717, 1.165) is 19.5 Å². The molecule has 1 aromatic heterocycles. The molecule has 112 valence electrons. The van der Waals surface area contributed by atoms with Crippen LogP contribution in [0.4, 0.5) is 0 Å². The van der Waals surface area contributed by atoms with Crippen molar-refractivity contribution in [2.45, 2.75) is 50.6 Å². The van der Waals surface area contributed by atoms with Gasteiger partial charge in [-0.05, 0) is 37.3 Å². The van der Waals surface area contributed by atoms with Crippen LogP contribution < -0.4 is 5.32 Å². The highest BCUT2D eigenvalue weighted by atomic mass is 15.4. The summed E-state index contributed by atoms with van der Waals surface area (Å²) in [5.74, 6) is 0.673. The molecule has 4 heteroatoms. The molecule has 0 bridgehead atoms. The summed E-state index contributed by atoms with van der Waals surface area (Å²) in [5.41, 5.74) is 1.49. The number of hydrogen-bond donors (Lipinski definition) is 1. The molecule has 2 atom stereocenters. The van der Waals surface area contributed by atoms with Gasteiger partial charge in [-0.2, -0.15) is 0 Å². The molecule has 0 amide bonds. The molecule has 1 aliphatic rings. The van der Waals surface area contributed by atoms with E-state index in [4.69, 9.17) is 0 Å². The standard InChI is InChI=1S/C17H24N4/c1-2-7-15(8-3-1)16-9-4-5-10-17(16)18-11-6-13-21-14-12-19-20-21/h1-3,7-8,12,14,16-18H,4-6,9-11,13H2. The molecule has 0 aliphatic heterocycles. The zero-order valence-electron chi connectivity index (χ0n) is 12.5. The molecule has 1 fully saturated rings. The number of hydrogen-bond acceptors (Lipinski definition) is 3. The van der Waals surface area contributed by atoms with Crippen LogP contribution >= 0.6 is 0 Å². The van der Waals surface area contributed by atoms with Gasteiger partial charge < -0.3 is 5.32 Å². The normalized spacial score (nSPS) is 22.3. The smallest absolute Gasteiger partial charge is 0.0692 e. The summed E-state index contributed by atoms with van der Waals surface area (Å²) in [4.78, 5) is 0. The van der Waals surface area contributed by atoms with Crippen LogP contribution in [-0.4, -0.2) is 27.6 Å². The summed E-state index contributed by atoms with van der Waals surface area (Å²) in [7, 11) is 0. The fourth-order valence-corrected chi connectivity index (χ4v) is 3.35. The number of nitrogens with one attached hydrogen (secondary N) is 1. The fraction of sp³-hybridized carbons (Fsp3) is 0.529. The third kappa shape index (κ3) is 3.91. The molecule has 2 unspecified atom stereocenters. The van der Waals surface area contributed by atoms with Crippen LogP contribution in [0.15, 0.2) is 42.7 Å². The van der Waals surface area contributed by atoms with Crippen molar-refractivity contribution in [2.24, 2.45) is 0 Å². The summed E-state index contributed by atoms with van der Waals surface area (Å²) in [6.45, 7) is 1.99. The molecule has 0 saturated heterocycles. The molecule has 1 aromatic carbocycles. The zero-order valence-corrected chi connectivity index (χ0v) is 12.5. The number of aromatic nitrogens is 3. The number of benzene rings is 1. The van der Waals surface area contributed by atoms with Gasteiger partial charge in [0, 0.05) is 18.8 Å². The van der Waals surface area contributed by atoms with Crippen LogP contribution in [0.2, 0.25) is 0 Å². The second-order valence-electron chi connectivity index (χ2n) is 5.88. The monoisotopic (exact) mass is 284 g/mol. The molecule has 21 heavy (non-hydrogen) atoms. The molecule has 1 N–H and O–H groups in total. The van der Waals surface area contributed by atoms with Gasteiger partial charge in [0.1, 0.15) is 0 Å². The van der Waals surface area contributed by atoms with Crippen LogP contribution in [0.5, 0.6) is 0 Å². The summed E-state index contributed by atoms with van der Waals surface area (Å²) in [6.07, 6.45) is 10.1. The van der Waals surface area contributed by atoms with Gasteiger partial charge in [0.05, 0.1) is 6.20 Å². The maximum atomic E-state index is 4.00. The minimum atomic E-state index is 0.622. The maximum absolute atomic E-state index is 4.00. The van der Waals surface area contributed by atoms with E-state index in [1.807, 2.05) is 10.9 Å². The molecule has 1 heterocycles. The minimum absolute atomic E-state index is 0.622. The Labute approximate surface area is 126 Å². The van der Waals surface area contributed by atoms with Gasteiger partial charge in [0.15, 0.2) is 0 Å². The first-order valence-corrected chi connectivity index (χ1v) is 8.06. The van der Waals surface area contributed by atoms with Crippen LogP contribution in [0.3, 0.4) is 0 Å². The second-order valence-corrected chi connectivity index (χ2v) is 5.88. The van der Waals surface area contributed by atoms with Crippen LogP contribution in [0.25, 0.3) is 0 Å². The van der Waals surface area contributed by atoms with Crippen molar-refractivity contribution in [1.82, 2.24) is 20.3 Å². The SMILES string of the molecule is c1ccc(C2CCCCC2NCCCn2ccnn2)cc1. The average molecular weight is 284 g/mol. The predicted molar refractivity (Wildman–Crippen MR) is 84.1 cm³/mol. The van der Waals surface area contributed by atoms with Crippen molar-refractivity contribution in [3.8, 4) is 0 Å². The Hall–Kier alpha value is -1.68. The highest BCUT2D eigenvalue weighted by Gasteiger charge is 2.25. The summed E-state index contributed by atoms with van der Waals surface area (Å²) < 4.78 is 1.90. The third-order valence-electron chi connectivity index (χ3n) is 4.44. The van der Waals surface area contributed by atoms with Gasteiger partial charge in [0.2, 0.25) is 0 Å². The molecule has 1 aliphatic carbocycles. The number of nitrogens with zero attached hydrogens (tertiary/aromatic N) is 3. The van der Waals surface area contributed by atoms with E-state index in [2.05, 4.69) is 46.0 Å². The summed E-state index contributed by atoms with van der Waals surface area (Å²) in [5, 5.41) is 11.6. The molecule has 1 saturated carbocycles. The maximum Gasteiger partial charge on any atom is 0.0692 e. The van der Waals surface area contributed by atoms with Crippen molar-refractivity contribution >= 4 is 0 Å². The van der Waals surface area contributed by atoms with Crippen molar-refractivity contribution in [2.75, 3.05) is 6.54 Å². The Kier molecular flexibility index (Phi) is 5.00. The largest absolute Gasteiger partial charge is 0.313 e. The first kappa shape index (κ1) is 14.3. The number of aryl methyl sites for hydroxylation is 1. The molecule has 3 rings (SSSR count). The van der Waals surface area contributed by atoms with Gasteiger partial charge in [0.25, 0.3) is 0 Å². The van der Waals surface area contributed by atoms with Crippen molar-refractivity contribution in [3.05, 3.63) is 48.3 Å². The zero-order chi connectivity index (χ0) is 14.3. The molecular formula is C17H24N4. The lowest BCUT2D eigenvalue weighted by atomic mass is 9.80. The Balaban J connectivity index is 1.50. The van der Waals surface area contributed by atoms with E-state index >= 15 is 0 Å². The molecule has 0 spiro atoms. The van der Waals surface area contributed by atoms with Crippen LogP contribution in [0.1, 0.15) is 43.6 Å². The van der Waals surface area contributed by atoms with Crippen molar-refractivity contribution in [3.63, 3.8) is 0 Å². The van der Waals surface area contributed by atoms with E-state index < -0.39 is 0 Å². The lowest BCUT2D eigenvalue weighted by molar-refractivity contribution is 0.323. The Bertz CT molecular complexity index is 509. The molecule has 4 nitrogen and oxygen atoms in total. The molecular weight excluding hydrogens is 260 g/mol. The average Bonchev–Trinajstić information content (AvgIpc) is 3.06. The van der Waals surface area contributed by atoms with Gasteiger partial charge in [-0.25, -0.2) is 0 Å². The highest BCUT2D eigenvalue weighted by molar-refractivity contribution is 5.21. The molecule has 2 aromatic rings. The fourth-order valence-electron chi connectivity index (χ4n) is 3.35. The Morgan fingerprint density at radius 2 is 2.00 bits per heavy atom. The van der Waals surface area contributed by atoms with E-state index in [9.17, 15) is 0 Å². The summed E-state index contributed by atoms with van der Waals surface area (Å²) >= 11 is 0. The lowest BCUT2D eigenvalue weighted by Gasteiger charge is -2.33. The first-order valence-electron chi connectivity index (χ1n) is 8.06. The van der Waals surface area contributed by atoms with E-state index in [0.29, 0.717) is 12.0 Å². The summed E-state index contributed by atoms with van der Waals surface area (Å²) in [6, 6.07) is 11.6. The van der Waals surface area contributed by atoms with Gasteiger partial charge >= 0.3 is 0 Å². The topological polar surface area (TPSA) is 42.7 Å². The van der Waals surface area contributed by atoms with E-state index in [-0.39, 0.29) is 0 Å². The van der Waals surface area contributed by atoms with Gasteiger partial charge in [-0.15, -0.1) is 5.10 Å². The molecule has 0 radical (unpaired) electrons. The quantitative estimate of drug-likeness (QED) is 0.829. The Morgan fingerprint density at radius 1 is 1.14 bits per heavy atom. The van der Waals surface area contributed by atoms with Crippen LogP contribution in [0, 0.1) is 0 Å².